The molecule has 0 fully saturated rings. The summed E-state index contributed by atoms with van der Waals surface area (Å²) >= 11 is 9.47. The van der Waals surface area contributed by atoms with Crippen LogP contribution in [0.25, 0.3) is 10.8 Å². The number of benzene rings is 4. The molecule has 0 radical (unpaired) electrons. The highest BCUT2D eigenvalue weighted by molar-refractivity contribution is 9.10. The van der Waals surface area contributed by atoms with Gasteiger partial charge in [-0.15, -0.1) is 0 Å². The number of nitrogens with one attached hydrogen (secondary N) is 1. The molecule has 4 rings (SSSR count). The molecular formula is C27H22BrClN2O4. The van der Waals surface area contributed by atoms with Crippen LogP contribution in [-0.4, -0.2) is 25.8 Å². The van der Waals surface area contributed by atoms with Crippen molar-refractivity contribution in [2.24, 2.45) is 5.10 Å². The van der Waals surface area contributed by atoms with Crippen molar-refractivity contribution in [3.8, 4) is 17.2 Å². The quantitative estimate of drug-likeness (QED) is 0.193. The molecule has 35 heavy (non-hydrogen) atoms. The number of carbonyl (C=O) groups excluding carboxylic acids is 1. The van der Waals surface area contributed by atoms with Crippen molar-refractivity contribution in [2.45, 2.75) is 6.61 Å². The minimum atomic E-state index is -0.379. The van der Waals surface area contributed by atoms with Gasteiger partial charge in [0.05, 0.1) is 17.8 Å². The highest BCUT2D eigenvalue weighted by Gasteiger charge is 2.09. The van der Waals surface area contributed by atoms with Gasteiger partial charge in [-0.25, -0.2) is 5.43 Å². The Hall–Kier alpha value is -3.55. The van der Waals surface area contributed by atoms with E-state index in [4.69, 9.17) is 25.8 Å². The van der Waals surface area contributed by atoms with Crippen molar-refractivity contribution in [1.82, 2.24) is 5.43 Å². The van der Waals surface area contributed by atoms with Crippen molar-refractivity contribution in [2.75, 3.05) is 13.7 Å². The third-order valence-corrected chi connectivity index (χ3v) is 6.15. The number of amides is 1. The Morgan fingerprint density at radius 1 is 0.971 bits per heavy atom. The molecule has 0 bridgehead atoms. The molecule has 1 N–H and O–H groups in total. The third-order valence-electron chi connectivity index (χ3n) is 5.08. The Labute approximate surface area is 216 Å². The van der Waals surface area contributed by atoms with Gasteiger partial charge in [-0.3, -0.25) is 4.79 Å². The molecule has 0 aliphatic rings. The minimum Gasteiger partial charge on any atom is -0.493 e. The summed E-state index contributed by atoms with van der Waals surface area (Å²) in [7, 11) is 1.56. The predicted molar refractivity (Wildman–Crippen MR) is 142 cm³/mol. The van der Waals surface area contributed by atoms with Gasteiger partial charge in [0.2, 0.25) is 0 Å². The van der Waals surface area contributed by atoms with Gasteiger partial charge in [0, 0.05) is 5.02 Å². The third kappa shape index (κ3) is 6.53. The van der Waals surface area contributed by atoms with Crippen molar-refractivity contribution in [1.29, 1.82) is 0 Å². The maximum Gasteiger partial charge on any atom is 0.277 e. The number of ether oxygens (including phenoxy) is 3. The van der Waals surface area contributed by atoms with Crippen molar-refractivity contribution < 1.29 is 19.0 Å². The van der Waals surface area contributed by atoms with Crippen LogP contribution in [0.5, 0.6) is 17.2 Å². The molecule has 0 heterocycles. The summed E-state index contributed by atoms with van der Waals surface area (Å²) in [4.78, 5) is 12.2. The monoisotopic (exact) mass is 552 g/mol. The molecule has 0 atom stereocenters. The van der Waals surface area contributed by atoms with Gasteiger partial charge in [0.1, 0.15) is 12.4 Å². The summed E-state index contributed by atoms with van der Waals surface area (Å²) in [5.74, 6) is 1.36. The zero-order valence-electron chi connectivity index (χ0n) is 18.8. The molecule has 178 valence electrons. The first kappa shape index (κ1) is 24.6. The van der Waals surface area contributed by atoms with Crippen LogP contribution in [0.15, 0.2) is 88.4 Å². The van der Waals surface area contributed by atoms with Gasteiger partial charge in [-0.2, -0.15) is 5.10 Å². The van der Waals surface area contributed by atoms with Crippen LogP contribution in [0, 0.1) is 0 Å². The SMILES string of the molecule is COc1cc(/C=N\NC(=O)COc2ccc3ccccc3c2Br)ccc1OCc1ccc(Cl)cc1. The van der Waals surface area contributed by atoms with Gasteiger partial charge >= 0.3 is 0 Å². The molecule has 0 spiro atoms. The fourth-order valence-electron chi connectivity index (χ4n) is 3.30. The molecule has 0 aromatic heterocycles. The number of rotatable bonds is 9. The summed E-state index contributed by atoms with van der Waals surface area (Å²) in [6.45, 7) is 0.208. The lowest BCUT2D eigenvalue weighted by Gasteiger charge is -2.11. The number of hydrazone groups is 1. The number of hydrogen-bond donors (Lipinski definition) is 1. The Morgan fingerprint density at radius 2 is 1.74 bits per heavy atom. The first-order chi connectivity index (χ1) is 17.0. The van der Waals surface area contributed by atoms with E-state index in [2.05, 4.69) is 26.5 Å². The largest absolute Gasteiger partial charge is 0.493 e. The normalized spacial score (nSPS) is 10.9. The molecule has 0 saturated carbocycles. The highest BCUT2D eigenvalue weighted by atomic mass is 79.9. The standard InChI is InChI=1S/C27H22BrClN2O4/c1-33-25-14-19(8-12-23(25)34-16-18-6-10-21(29)11-7-18)15-30-31-26(32)17-35-24-13-9-20-4-2-3-5-22(20)27(24)28/h2-15H,16-17H2,1H3,(H,31,32)/b30-15-. The van der Waals surface area contributed by atoms with E-state index in [1.165, 1.54) is 6.21 Å². The number of halogens is 2. The summed E-state index contributed by atoms with van der Waals surface area (Å²) < 4.78 is 17.7. The molecule has 8 heteroatoms. The van der Waals surface area contributed by atoms with Crippen LogP contribution in [0.1, 0.15) is 11.1 Å². The fourth-order valence-corrected chi connectivity index (χ4v) is 4.04. The molecule has 0 saturated heterocycles. The lowest BCUT2D eigenvalue weighted by atomic mass is 10.1. The van der Waals surface area contributed by atoms with Crippen molar-refractivity contribution in [3.05, 3.63) is 99.5 Å². The van der Waals surface area contributed by atoms with Crippen LogP contribution in [0.2, 0.25) is 5.02 Å². The second kappa shape index (κ2) is 11.7. The Kier molecular flexibility index (Phi) is 8.23. The maximum absolute atomic E-state index is 12.2. The molecular weight excluding hydrogens is 532 g/mol. The summed E-state index contributed by atoms with van der Waals surface area (Å²) in [5, 5.41) is 6.78. The molecule has 0 aliphatic heterocycles. The van der Waals surface area contributed by atoms with Crippen LogP contribution in [-0.2, 0) is 11.4 Å². The van der Waals surface area contributed by atoms with E-state index >= 15 is 0 Å². The van der Waals surface area contributed by atoms with E-state index in [1.807, 2.05) is 66.7 Å². The first-order valence-corrected chi connectivity index (χ1v) is 11.9. The Balaban J connectivity index is 1.31. The molecule has 4 aromatic rings. The number of nitrogens with zero attached hydrogens (tertiary/aromatic N) is 1. The lowest BCUT2D eigenvalue weighted by Crippen LogP contribution is -2.24. The minimum absolute atomic E-state index is 0.172. The van der Waals surface area contributed by atoms with E-state index in [0.717, 1.165) is 26.4 Å². The maximum atomic E-state index is 12.2. The fraction of sp³-hybridized carbons (Fsp3) is 0.111. The van der Waals surface area contributed by atoms with Gasteiger partial charge in [0.15, 0.2) is 18.1 Å². The number of hydrogen-bond acceptors (Lipinski definition) is 5. The van der Waals surface area contributed by atoms with Crippen molar-refractivity contribution in [3.63, 3.8) is 0 Å². The second-order valence-electron chi connectivity index (χ2n) is 7.51. The molecule has 6 nitrogen and oxygen atoms in total. The van der Waals surface area contributed by atoms with Gasteiger partial charge in [0.25, 0.3) is 5.91 Å². The van der Waals surface area contributed by atoms with Crippen LogP contribution in [0.4, 0.5) is 0 Å². The Bertz CT molecular complexity index is 1360. The average Bonchev–Trinajstić information content (AvgIpc) is 2.88. The summed E-state index contributed by atoms with van der Waals surface area (Å²) in [5.41, 5.74) is 4.19. The lowest BCUT2D eigenvalue weighted by molar-refractivity contribution is -0.123. The second-order valence-corrected chi connectivity index (χ2v) is 8.74. The summed E-state index contributed by atoms with van der Waals surface area (Å²) in [6.07, 6.45) is 1.52. The van der Waals surface area contributed by atoms with E-state index in [-0.39, 0.29) is 12.5 Å². The predicted octanol–water partition coefficient (Wildman–Crippen LogP) is 6.37. The molecule has 4 aromatic carbocycles. The van der Waals surface area contributed by atoms with Gasteiger partial charge in [-0.1, -0.05) is 54.1 Å². The van der Waals surface area contributed by atoms with E-state index in [0.29, 0.717) is 28.9 Å². The molecule has 1 amide bonds. The zero-order chi connectivity index (χ0) is 24.6. The highest BCUT2D eigenvalue weighted by Crippen LogP contribution is 2.33. The topological polar surface area (TPSA) is 69.2 Å². The molecule has 0 aliphatic carbocycles. The summed E-state index contributed by atoms with van der Waals surface area (Å²) in [6, 6.07) is 24.5. The van der Waals surface area contributed by atoms with Crippen LogP contribution >= 0.6 is 27.5 Å². The zero-order valence-corrected chi connectivity index (χ0v) is 21.2. The van der Waals surface area contributed by atoms with Gasteiger partial charge in [-0.05, 0) is 74.2 Å². The van der Waals surface area contributed by atoms with Crippen LogP contribution in [0.3, 0.4) is 0 Å². The number of carbonyl (C=O) groups is 1. The van der Waals surface area contributed by atoms with Crippen LogP contribution < -0.4 is 19.6 Å². The first-order valence-electron chi connectivity index (χ1n) is 10.7. The smallest absolute Gasteiger partial charge is 0.277 e. The number of methoxy groups -OCH3 is 1. The number of fused-ring (bicyclic) bond motifs is 1. The average molecular weight is 554 g/mol. The van der Waals surface area contributed by atoms with E-state index < -0.39 is 0 Å². The Morgan fingerprint density at radius 3 is 2.54 bits per heavy atom. The molecule has 0 unspecified atom stereocenters. The van der Waals surface area contributed by atoms with E-state index in [1.54, 1.807) is 19.2 Å². The van der Waals surface area contributed by atoms with Crippen molar-refractivity contribution >= 4 is 50.4 Å². The van der Waals surface area contributed by atoms with Gasteiger partial charge < -0.3 is 14.2 Å². The van der Waals surface area contributed by atoms with E-state index in [9.17, 15) is 4.79 Å².